The Balaban J connectivity index is 2.53. The van der Waals surface area contributed by atoms with Crippen LogP contribution in [0.3, 0.4) is 0 Å². The summed E-state index contributed by atoms with van der Waals surface area (Å²) >= 11 is 0. The molecule has 1 aromatic heterocycles. The van der Waals surface area contributed by atoms with Crippen LogP contribution in [0.25, 0.3) is 0 Å². The van der Waals surface area contributed by atoms with Crippen molar-refractivity contribution in [1.82, 2.24) is 10.5 Å². The topological polar surface area (TPSA) is 81.4 Å². The average Bonchev–Trinajstić information content (AvgIpc) is 2.59. The molecule has 0 aliphatic heterocycles. The lowest BCUT2D eigenvalue weighted by Crippen LogP contribution is -2.32. The number of nitrogens with one attached hydrogen (secondary N) is 1. The van der Waals surface area contributed by atoms with Crippen LogP contribution in [-0.4, -0.2) is 22.6 Å². The van der Waals surface area contributed by atoms with Gasteiger partial charge in [0.1, 0.15) is 17.6 Å². The number of hydrogen-bond acceptors (Lipinski definition) is 5. The number of carbonyl (C=O) groups is 2. The van der Waals surface area contributed by atoms with E-state index < -0.39 is 11.7 Å². The molecule has 0 atom stereocenters. The van der Waals surface area contributed by atoms with E-state index in [1.54, 1.807) is 20.8 Å². The van der Waals surface area contributed by atoms with Crippen LogP contribution in [0.15, 0.2) is 10.8 Å². The summed E-state index contributed by atoms with van der Waals surface area (Å²) in [6, 6.07) is 0. The molecule has 0 saturated carbocycles. The second-order valence-corrected chi connectivity index (χ2v) is 4.59. The molecule has 94 valence electrons. The summed E-state index contributed by atoms with van der Waals surface area (Å²) in [5.41, 5.74) is 0.196. The summed E-state index contributed by atoms with van der Waals surface area (Å²) in [7, 11) is 0. The molecule has 0 bridgehead atoms. The van der Waals surface area contributed by atoms with Crippen molar-refractivity contribution in [3.05, 3.63) is 17.5 Å². The molecule has 0 unspecified atom stereocenters. The molecule has 1 amide bonds. The summed E-state index contributed by atoms with van der Waals surface area (Å²) in [6.45, 7) is 6.81. The van der Waals surface area contributed by atoms with E-state index in [0.717, 1.165) is 0 Å². The zero-order chi connectivity index (χ0) is 13.1. The maximum atomic E-state index is 11.4. The second-order valence-electron chi connectivity index (χ2n) is 4.59. The third kappa shape index (κ3) is 4.26. The number of ether oxygens (including phenoxy) is 1. The van der Waals surface area contributed by atoms with Crippen LogP contribution in [0.2, 0.25) is 0 Å². The first-order chi connectivity index (χ1) is 7.79. The monoisotopic (exact) mass is 240 g/mol. The minimum Gasteiger partial charge on any atom is -0.444 e. The number of hydrogen-bond donors (Lipinski definition) is 1. The van der Waals surface area contributed by atoms with Gasteiger partial charge in [0.25, 0.3) is 0 Å². The molecule has 0 aromatic carbocycles. The summed E-state index contributed by atoms with van der Waals surface area (Å²) in [4.78, 5) is 22.5. The quantitative estimate of drug-likeness (QED) is 0.816. The Bertz CT molecular complexity index is 417. The first-order valence-electron chi connectivity index (χ1n) is 5.20. The maximum absolute atomic E-state index is 11.4. The molecule has 0 aliphatic carbocycles. The first-order valence-corrected chi connectivity index (χ1v) is 5.20. The average molecular weight is 240 g/mol. The van der Waals surface area contributed by atoms with Crippen molar-refractivity contribution in [1.29, 1.82) is 0 Å². The van der Waals surface area contributed by atoms with Gasteiger partial charge in [-0.3, -0.25) is 4.79 Å². The van der Waals surface area contributed by atoms with E-state index in [1.807, 2.05) is 0 Å². The van der Waals surface area contributed by atoms with Crippen molar-refractivity contribution in [3.63, 3.8) is 0 Å². The zero-order valence-electron chi connectivity index (χ0n) is 10.4. The highest BCUT2D eigenvalue weighted by Crippen LogP contribution is 2.09. The Labute approximate surface area is 99.3 Å². The molecule has 1 heterocycles. The molecule has 1 aromatic rings. The van der Waals surface area contributed by atoms with E-state index in [-0.39, 0.29) is 12.3 Å². The van der Waals surface area contributed by atoms with Gasteiger partial charge >= 0.3 is 6.09 Å². The second kappa shape index (κ2) is 4.99. The minimum atomic E-state index is -0.560. The van der Waals surface area contributed by atoms with Crippen LogP contribution in [0.1, 0.15) is 43.7 Å². The Morgan fingerprint density at radius 1 is 1.47 bits per heavy atom. The highest BCUT2D eigenvalue weighted by Gasteiger charge is 2.17. The summed E-state index contributed by atoms with van der Waals surface area (Å²) < 4.78 is 9.72. The van der Waals surface area contributed by atoms with Crippen LogP contribution < -0.4 is 5.32 Å². The Kier molecular flexibility index (Phi) is 3.88. The maximum Gasteiger partial charge on any atom is 0.407 e. The van der Waals surface area contributed by atoms with E-state index in [9.17, 15) is 9.59 Å². The summed E-state index contributed by atoms with van der Waals surface area (Å²) in [6.07, 6.45) is 0.698. The molecule has 0 fully saturated rings. The molecule has 0 spiro atoms. The highest BCUT2D eigenvalue weighted by atomic mass is 16.6. The van der Waals surface area contributed by atoms with Gasteiger partial charge in [-0.1, -0.05) is 5.16 Å². The smallest absolute Gasteiger partial charge is 0.407 e. The van der Waals surface area contributed by atoms with Crippen molar-refractivity contribution in [2.24, 2.45) is 0 Å². The Morgan fingerprint density at radius 3 is 2.65 bits per heavy atom. The molecule has 6 heteroatoms. The van der Waals surface area contributed by atoms with Gasteiger partial charge in [0.15, 0.2) is 5.78 Å². The van der Waals surface area contributed by atoms with Crippen LogP contribution in [0.5, 0.6) is 0 Å². The SMILES string of the molecule is CC(=O)c1conc1CNC(=O)OC(C)(C)C. The van der Waals surface area contributed by atoms with Gasteiger partial charge in [0.2, 0.25) is 0 Å². The lowest BCUT2D eigenvalue weighted by molar-refractivity contribution is 0.0522. The lowest BCUT2D eigenvalue weighted by atomic mass is 10.2. The van der Waals surface area contributed by atoms with Crippen molar-refractivity contribution >= 4 is 11.9 Å². The molecule has 1 rings (SSSR count). The fourth-order valence-electron chi connectivity index (χ4n) is 1.14. The van der Waals surface area contributed by atoms with Gasteiger partial charge in [-0.15, -0.1) is 0 Å². The van der Waals surface area contributed by atoms with E-state index in [4.69, 9.17) is 4.74 Å². The number of aromatic nitrogens is 1. The number of Topliss-reactive ketones (excluding diaryl/α,β-unsaturated/α-hetero) is 1. The third-order valence-corrected chi connectivity index (χ3v) is 1.82. The van der Waals surface area contributed by atoms with Crippen molar-refractivity contribution in [2.45, 2.75) is 39.8 Å². The van der Waals surface area contributed by atoms with Gasteiger partial charge in [0, 0.05) is 0 Å². The van der Waals surface area contributed by atoms with E-state index in [1.165, 1.54) is 13.2 Å². The van der Waals surface area contributed by atoms with Crippen molar-refractivity contribution < 1.29 is 18.8 Å². The number of nitrogens with zero attached hydrogens (tertiary/aromatic N) is 1. The molecular weight excluding hydrogens is 224 g/mol. The predicted molar refractivity (Wildman–Crippen MR) is 59.6 cm³/mol. The van der Waals surface area contributed by atoms with Gasteiger partial charge in [-0.25, -0.2) is 4.79 Å². The highest BCUT2D eigenvalue weighted by molar-refractivity contribution is 5.94. The van der Waals surface area contributed by atoms with Crippen molar-refractivity contribution in [2.75, 3.05) is 0 Å². The number of alkyl carbamates (subject to hydrolysis) is 1. The summed E-state index contributed by atoms with van der Waals surface area (Å²) in [5.74, 6) is -0.160. The molecule has 1 N–H and O–H groups in total. The van der Waals surface area contributed by atoms with Crippen LogP contribution in [0.4, 0.5) is 4.79 Å². The van der Waals surface area contributed by atoms with Gasteiger partial charge in [0.05, 0.1) is 12.1 Å². The standard InChI is InChI=1S/C11H16N2O4/c1-7(14)8-6-16-13-9(8)5-12-10(15)17-11(2,3)4/h6H,5H2,1-4H3,(H,12,15). The Morgan fingerprint density at radius 2 is 2.12 bits per heavy atom. The first kappa shape index (κ1) is 13.2. The van der Waals surface area contributed by atoms with Gasteiger partial charge in [-0.05, 0) is 27.7 Å². The predicted octanol–water partition coefficient (Wildman–Crippen LogP) is 1.90. The molecular formula is C11H16N2O4. The van der Waals surface area contributed by atoms with Gasteiger partial charge < -0.3 is 14.6 Å². The zero-order valence-corrected chi connectivity index (χ0v) is 10.4. The number of carbonyl (C=O) groups excluding carboxylic acids is 2. The lowest BCUT2D eigenvalue weighted by Gasteiger charge is -2.19. The minimum absolute atomic E-state index is 0.0975. The normalized spacial score (nSPS) is 11.1. The summed E-state index contributed by atoms with van der Waals surface area (Å²) in [5, 5.41) is 6.14. The fraction of sp³-hybridized carbons (Fsp3) is 0.545. The molecule has 17 heavy (non-hydrogen) atoms. The van der Waals surface area contributed by atoms with E-state index in [0.29, 0.717) is 11.3 Å². The van der Waals surface area contributed by atoms with E-state index in [2.05, 4.69) is 15.0 Å². The third-order valence-electron chi connectivity index (χ3n) is 1.82. The number of ketones is 1. The molecule has 0 radical (unpaired) electrons. The fourth-order valence-corrected chi connectivity index (χ4v) is 1.14. The van der Waals surface area contributed by atoms with E-state index >= 15 is 0 Å². The van der Waals surface area contributed by atoms with Gasteiger partial charge in [-0.2, -0.15) is 0 Å². The van der Waals surface area contributed by atoms with Crippen LogP contribution in [0, 0.1) is 0 Å². The van der Waals surface area contributed by atoms with Crippen LogP contribution in [-0.2, 0) is 11.3 Å². The van der Waals surface area contributed by atoms with Crippen LogP contribution >= 0.6 is 0 Å². The number of amides is 1. The molecule has 6 nitrogen and oxygen atoms in total. The number of rotatable bonds is 3. The van der Waals surface area contributed by atoms with Crippen molar-refractivity contribution in [3.8, 4) is 0 Å². The largest absolute Gasteiger partial charge is 0.444 e. The molecule has 0 saturated heterocycles. The Hall–Kier alpha value is -1.85. The molecule has 0 aliphatic rings.